The Bertz CT molecular complexity index is 66.3. The van der Waals surface area contributed by atoms with Crippen molar-refractivity contribution in [3.63, 3.8) is 0 Å². The summed E-state index contributed by atoms with van der Waals surface area (Å²) >= 11 is 0. The first-order valence-electron chi connectivity index (χ1n) is 1.61. The van der Waals surface area contributed by atoms with E-state index in [9.17, 15) is 9.79 Å². The van der Waals surface area contributed by atoms with Crippen LogP contribution in [0.25, 0.3) is 0 Å². The molecule has 0 spiro atoms. The molecule has 10 heavy (non-hydrogen) atoms. The molecule has 0 radical (unpaired) electrons. The van der Waals surface area contributed by atoms with Crippen LogP contribution in [0.15, 0.2) is 0 Å². The molecule has 0 aliphatic carbocycles. The number of rotatable bonds is 2. The van der Waals surface area contributed by atoms with Crippen LogP contribution >= 0.6 is 16.8 Å². The van der Waals surface area contributed by atoms with Gasteiger partial charge in [0.2, 0.25) is 0 Å². The van der Waals surface area contributed by atoms with Gasteiger partial charge >= 0.3 is 59.1 Å². The summed E-state index contributed by atoms with van der Waals surface area (Å²) in [4.78, 5) is 35.7. The Labute approximate surface area is 105 Å². The molecule has 0 saturated heterocycles. The monoisotopic (exact) mass is 203 g/mol. The maximum Gasteiger partial charge on any atom is 1.00 e. The van der Waals surface area contributed by atoms with Crippen LogP contribution in [0.1, 0.15) is 0 Å². The zero-order valence-electron chi connectivity index (χ0n) is 5.76. The predicted octanol–water partition coefficient (Wildman–Crippen LogP) is -8.43. The van der Waals surface area contributed by atoms with Gasteiger partial charge in [0.25, 0.3) is 0 Å². The van der Waals surface area contributed by atoms with Gasteiger partial charge in [0.15, 0.2) is 8.38 Å². The van der Waals surface area contributed by atoms with Crippen LogP contribution in [0.5, 0.6) is 0 Å². The molecule has 9 heteroatoms. The summed E-state index contributed by atoms with van der Waals surface area (Å²) in [5, 5.41) is 0. The van der Waals surface area contributed by atoms with Gasteiger partial charge in [-0.1, -0.05) is 0 Å². The number of hydrogen-bond acceptors (Lipinski definition) is 5. The fourth-order valence-electron chi connectivity index (χ4n) is 0.0843. The molecule has 0 fully saturated rings. The van der Waals surface area contributed by atoms with E-state index < -0.39 is 22.3 Å². The van der Waals surface area contributed by atoms with E-state index in [0.717, 1.165) is 0 Å². The van der Waals surface area contributed by atoms with E-state index in [0.29, 0.717) is 0 Å². The molecule has 0 amide bonds. The molecule has 0 aromatic rings. The van der Waals surface area contributed by atoms with E-state index in [-0.39, 0.29) is 59.1 Å². The molecule has 50 valence electrons. The van der Waals surface area contributed by atoms with E-state index >= 15 is 0 Å². The third-order valence-electron chi connectivity index (χ3n) is 0.453. The SMILES string of the molecule is NC(P([O-])[O-])P(O)O.[Na+].[Na+]. The van der Waals surface area contributed by atoms with Crippen molar-refractivity contribution in [1.29, 1.82) is 0 Å². The summed E-state index contributed by atoms with van der Waals surface area (Å²) in [6, 6.07) is 0. The van der Waals surface area contributed by atoms with Crippen molar-refractivity contribution >= 4 is 16.8 Å². The van der Waals surface area contributed by atoms with Crippen LogP contribution in [0.3, 0.4) is 0 Å². The van der Waals surface area contributed by atoms with E-state index in [4.69, 9.17) is 15.5 Å². The Balaban J connectivity index is -0.000000245. The van der Waals surface area contributed by atoms with Crippen molar-refractivity contribution in [2.45, 2.75) is 5.52 Å². The van der Waals surface area contributed by atoms with Crippen molar-refractivity contribution in [2.24, 2.45) is 5.73 Å². The molecule has 1 atom stereocenters. The van der Waals surface area contributed by atoms with Crippen LogP contribution in [-0.2, 0) is 0 Å². The summed E-state index contributed by atoms with van der Waals surface area (Å²) in [5.74, 6) is 0. The molecular formula is CH5NNa2O4P2. The Kier molecular flexibility index (Phi) is 18.0. The zero-order valence-corrected chi connectivity index (χ0v) is 11.5. The van der Waals surface area contributed by atoms with Gasteiger partial charge in [0.05, 0.1) is 5.52 Å². The summed E-state index contributed by atoms with van der Waals surface area (Å²) in [6.45, 7) is 0. The first-order chi connectivity index (χ1) is 3.55. The van der Waals surface area contributed by atoms with E-state index in [2.05, 4.69) is 0 Å². The largest absolute Gasteiger partial charge is 1.00 e. The van der Waals surface area contributed by atoms with Crippen molar-refractivity contribution in [3.05, 3.63) is 0 Å². The normalized spacial score (nSPS) is 12.3. The van der Waals surface area contributed by atoms with Gasteiger partial charge in [0, 0.05) is 0 Å². The van der Waals surface area contributed by atoms with Gasteiger partial charge in [-0.2, -0.15) is 0 Å². The fraction of sp³-hybridized carbons (Fsp3) is 1.00. The molecule has 0 bridgehead atoms. The maximum atomic E-state index is 9.75. The molecule has 0 aliphatic rings. The Morgan fingerprint density at radius 3 is 1.50 bits per heavy atom. The topological polar surface area (TPSA) is 113 Å². The maximum absolute atomic E-state index is 9.75. The van der Waals surface area contributed by atoms with Gasteiger partial charge < -0.3 is 25.3 Å². The average Bonchev–Trinajstić information content (AvgIpc) is 1.64. The molecule has 0 aromatic carbocycles. The fourth-order valence-corrected chi connectivity index (χ4v) is 0.759. The number of nitrogens with two attached hydrogens (primary N) is 1. The molecule has 0 saturated carbocycles. The minimum absolute atomic E-state index is 0. The van der Waals surface area contributed by atoms with Crippen LogP contribution in [-0.4, -0.2) is 15.3 Å². The second-order valence-electron chi connectivity index (χ2n) is 1.02. The first-order valence-corrected chi connectivity index (χ1v) is 4.18. The van der Waals surface area contributed by atoms with Crippen molar-refractivity contribution < 1.29 is 78.7 Å². The van der Waals surface area contributed by atoms with Crippen molar-refractivity contribution in [2.75, 3.05) is 0 Å². The molecule has 1 unspecified atom stereocenters. The molecule has 0 rings (SSSR count). The Morgan fingerprint density at radius 1 is 1.20 bits per heavy atom. The quantitative estimate of drug-likeness (QED) is 0.304. The van der Waals surface area contributed by atoms with E-state index in [1.54, 1.807) is 0 Å². The molecular weight excluding hydrogens is 198 g/mol. The first kappa shape index (κ1) is 18.4. The predicted molar refractivity (Wildman–Crippen MR) is 26.3 cm³/mol. The van der Waals surface area contributed by atoms with Gasteiger partial charge in [-0.15, -0.1) is 0 Å². The zero-order chi connectivity index (χ0) is 6.73. The van der Waals surface area contributed by atoms with Crippen LogP contribution in [0.2, 0.25) is 0 Å². The van der Waals surface area contributed by atoms with Gasteiger partial charge in [-0.05, 0) is 0 Å². The van der Waals surface area contributed by atoms with E-state index in [1.165, 1.54) is 0 Å². The summed E-state index contributed by atoms with van der Waals surface area (Å²) in [5.41, 5.74) is 3.19. The average molecular weight is 203 g/mol. The molecule has 0 aromatic heterocycles. The van der Waals surface area contributed by atoms with Crippen LogP contribution in [0, 0.1) is 0 Å². The second-order valence-corrected chi connectivity index (χ2v) is 3.75. The number of hydrogen-bond donors (Lipinski definition) is 3. The molecule has 0 heterocycles. The summed E-state index contributed by atoms with van der Waals surface area (Å²) in [6.07, 6.45) is 0. The van der Waals surface area contributed by atoms with Gasteiger partial charge in [-0.3, -0.25) is 8.38 Å². The van der Waals surface area contributed by atoms with Crippen molar-refractivity contribution in [3.8, 4) is 0 Å². The third-order valence-corrected chi connectivity index (χ3v) is 2.54. The van der Waals surface area contributed by atoms with Gasteiger partial charge in [0.1, 0.15) is 0 Å². The summed E-state index contributed by atoms with van der Waals surface area (Å²) in [7, 11) is -5.41. The standard InChI is InChI=1S/CH5NO4P2.2Na/c2-1(7(3)4)8(5)6;;/h1,3-4H,2H2;;/q-2;2*+1. The smallest absolute Gasteiger partial charge is 0.840 e. The minimum atomic E-state index is -2.89. The van der Waals surface area contributed by atoms with Gasteiger partial charge in [-0.25, -0.2) is 0 Å². The Morgan fingerprint density at radius 2 is 1.50 bits per heavy atom. The summed E-state index contributed by atoms with van der Waals surface area (Å²) < 4.78 is 0. The van der Waals surface area contributed by atoms with Crippen LogP contribution in [0.4, 0.5) is 0 Å². The second kappa shape index (κ2) is 9.75. The van der Waals surface area contributed by atoms with E-state index in [1.807, 2.05) is 0 Å². The Hall–Kier alpha value is 2.66. The molecule has 4 N–H and O–H groups in total. The third kappa shape index (κ3) is 8.75. The minimum Gasteiger partial charge on any atom is -0.840 e. The molecule has 0 aliphatic heterocycles. The van der Waals surface area contributed by atoms with Crippen LogP contribution < -0.4 is 74.6 Å². The van der Waals surface area contributed by atoms with Crippen molar-refractivity contribution in [1.82, 2.24) is 0 Å². The molecule has 5 nitrogen and oxygen atoms in total.